The molecule has 25 heavy (non-hydrogen) atoms. The molecule has 5 heteroatoms. The van der Waals surface area contributed by atoms with Crippen molar-refractivity contribution in [3.8, 4) is 0 Å². The summed E-state index contributed by atoms with van der Waals surface area (Å²) in [7, 11) is 0. The predicted octanol–water partition coefficient (Wildman–Crippen LogP) is 3.77. The number of benzene rings is 2. The Hall–Kier alpha value is -1.88. The molecule has 1 fully saturated rings. The summed E-state index contributed by atoms with van der Waals surface area (Å²) in [5.41, 5.74) is 2.47. The fourth-order valence-corrected chi connectivity index (χ4v) is 3.36. The molecule has 0 saturated carbocycles. The SMILES string of the molecule is CC1CN(Cc2cccc(NC(=O)c3ccccc3Cl)c2)C(C)CN1. The second-order valence-corrected chi connectivity index (χ2v) is 7.13. The number of anilines is 1. The third kappa shape index (κ3) is 4.60. The van der Waals surface area contributed by atoms with E-state index in [1.165, 1.54) is 5.56 Å². The summed E-state index contributed by atoms with van der Waals surface area (Å²) in [5.74, 6) is -0.188. The van der Waals surface area contributed by atoms with Crippen molar-refractivity contribution in [3.63, 3.8) is 0 Å². The zero-order chi connectivity index (χ0) is 17.8. The molecule has 0 spiro atoms. The fraction of sp³-hybridized carbons (Fsp3) is 0.350. The molecule has 0 bridgehead atoms. The molecule has 3 rings (SSSR count). The van der Waals surface area contributed by atoms with Crippen molar-refractivity contribution in [1.82, 2.24) is 10.2 Å². The van der Waals surface area contributed by atoms with E-state index in [1.807, 2.05) is 30.3 Å². The normalized spacial score (nSPS) is 21.1. The van der Waals surface area contributed by atoms with E-state index in [1.54, 1.807) is 12.1 Å². The molecule has 4 nitrogen and oxygen atoms in total. The molecule has 2 unspecified atom stereocenters. The summed E-state index contributed by atoms with van der Waals surface area (Å²) in [6.07, 6.45) is 0. The summed E-state index contributed by atoms with van der Waals surface area (Å²) in [5, 5.41) is 6.90. The van der Waals surface area contributed by atoms with Gasteiger partial charge in [-0.2, -0.15) is 0 Å². The Labute approximate surface area is 154 Å². The van der Waals surface area contributed by atoms with Crippen molar-refractivity contribution in [2.24, 2.45) is 0 Å². The number of halogens is 1. The lowest BCUT2D eigenvalue weighted by Crippen LogP contribution is -2.53. The van der Waals surface area contributed by atoms with Gasteiger partial charge in [-0.1, -0.05) is 35.9 Å². The molecular formula is C20H24ClN3O. The molecular weight excluding hydrogens is 334 g/mol. The van der Waals surface area contributed by atoms with Gasteiger partial charge in [-0.15, -0.1) is 0 Å². The van der Waals surface area contributed by atoms with Gasteiger partial charge in [0.15, 0.2) is 0 Å². The Morgan fingerprint density at radius 1 is 1.24 bits per heavy atom. The molecule has 2 aromatic rings. The lowest BCUT2D eigenvalue weighted by Gasteiger charge is -2.37. The van der Waals surface area contributed by atoms with Gasteiger partial charge in [-0.05, 0) is 43.7 Å². The van der Waals surface area contributed by atoms with Gasteiger partial charge in [0.1, 0.15) is 0 Å². The van der Waals surface area contributed by atoms with Crippen molar-refractivity contribution in [2.45, 2.75) is 32.5 Å². The summed E-state index contributed by atoms with van der Waals surface area (Å²) >= 11 is 6.10. The minimum atomic E-state index is -0.188. The molecule has 1 heterocycles. The number of hydrogen-bond acceptors (Lipinski definition) is 3. The molecule has 132 valence electrons. The third-order valence-corrected chi connectivity index (χ3v) is 4.91. The van der Waals surface area contributed by atoms with Crippen LogP contribution in [-0.4, -0.2) is 36.0 Å². The van der Waals surface area contributed by atoms with Crippen LogP contribution in [0.15, 0.2) is 48.5 Å². The smallest absolute Gasteiger partial charge is 0.257 e. The third-order valence-electron chi connectivity index (χ3n) is 4.58. The second kappa shape index (κ2) is 8.00. The van der Waals surface area contributed by atoms with Crippen LogP contribution in [0, 0.1) is 0 Å². The minimum absolute atomic E-state index is 0.188. The highest BCUT2D eigenvalue weighted by molar-refractivity contribution is 6.34. The van der Waals surface area contributed by atoms with E-state index >= 15 is 0 Å². The molecule has 0 aromatic heterocycles. The predicted molar refractivity (Wildman–Crippen MR) is 103 cm³/mol. The van der Waals surface area contributed by atoms with Crippen LogP contribution < -0.4 is 10.6 Å². The van der Waals surface area contributed by atoms with Gasteiger partial charge in [0, 0.05) is 37.4 Å². The van der Waals surface area contributed by atoms with E-state index in [0.717, 1.165) is 25.3 Å². The van der Waals surface area contributed by atoms with E-state index in [0.29, 0.717) is 22.7 Å². The zero-order valence-electron chi connectivity index (χ0n) is 14.6. The van der Waals surface area contributed by atoms with Gasteiger partial charge in [0.25, 0.3) is 5.91 Å². The first-order valence-electron chi connectivity index (χ1n) is 8.65. The molecule has 2 atom stereocenters. The fourth-order valence-electron chi connectivity index (χ4n) is 3.14. The maximum Gasteiger partial charge on any atom is 0.257 e. The van der Waals surface area contributed by atoms with Crippen molar-refractivity contribution in [1.29, 1.82) is 0 Å². The van der Waals surface area contributed by atoms with Crippen LogP contribution >= 0.6 is 11.6 Å². The molecule has 1 saturated heterocycles. The van der Waals surface area contributed by atoms with Crippen LogP contribution in [0.1, 0.15) is 29.8 Å². The topological polar surface area (TPSA) is 44.4 Å². The molecule has 0 aliphatic carbocycles. The van der Waals surface area contributed by atoms with E-state index in [9.17, 15) is 4.79 Å². The molecule has 2 N–H and O–H groups in total. The lowest BCUT2D eigenvalue weighted by molar-refractivity contribution is 0.102. The largest absolute Gasteiger partial charge is 0.322 e. The Bertz CT molecular complexity index is 749. The summed E-state index contributed by atoms with van der Waals surface area (Å²) in [6.45, 7) is 7.35. The Balaban J connectivity index is 1.69. The molecule has 1 aliphatic rings. The molecule has 0 radical (unpaired) electrons. The van der Waals surface area contributed by atoms with Crippen molar-refractivity contribution < 1.29 is 4.79 Å². The Morgan fingerprint density at radius 3 is 2.84 bits per heavy atom. The van der Waals surface area contributed by atoms with Gasteiger partial charge >= 0.3 is 0 Å². The van der Waals surface area contributed by atoms with E-state index in [2.05, 4.69) is 35.4 Å². The number of piperazine rings is 1. The summed E-state index contributed by atoms with van der Waals surface area (Å²) in [6, 6.07) is 16.1. The zero-order valence-corrected chi connectivity index (χ0v) is 15.4. The van der Waals surface area contributed by atoms with Crippen LogP contribution in [0.4, 0.5) is 5.69 Å². The van der Waals surface area contributed by atoms with Crippen molar-refractivity contribution in [3.05, 3.63) is 64.7 Å². The number of carbonyl (C=O) groups is 1. The number of rotatable bonds is 4. The summed E-state index contributed by atoms with van der Waals surface area (Å²) in [4.78, 5) is 14.9. The van der Waals surface area contributed by atoms with Gasteiger partial charge in [-0.25, -0.2) is 0 Å². The number of hydrogen-bond donors (Lipinski definition) is 2. The quantitative estimate of drug-likeness (QED) is 0.875. The van der Waals surface area contributed by atoms with Crippen LogP contribution in [-0.2, 0) is 6.54 Å². The molecule has 1 amide bonds. The highest BCUT2D eigenvalue weighted by atomic mass is 35.5. The van der Waals surface area contributed by atoms with Gasteiger partial charge < -0.3 is 10.6 Å². The second-order valence-electron chi connectivity index (χ2n) is 6.72. The molecule has 2 aromatic carbocycles. The number of carbonyl (C=O) groups excluding carboxylic acids is 1. The van der Waals surface area contributed by atoms with E-state index in [4.69, 9.17) is 11.6 Å². The average molecular weight is 358 g/mol. The van der Waals surface area contributed by atoms with E-state index < -0.39 is 0 Å². The number of nitrogens with zero attached hydrogens (tertiary/aromatic N) is 1. The number of nitrogens with one attached hydrogen (secondary N) is 2. The van der Waals surface area contributed by atoms with Gasteiger partial charge in [0.05, 0.1) is 10.6 Å². The van der Waals surface area contributed by atoms with E-state index in [-0.39, 0.29) is 5.91 Å². The van der Waals surface area contributed by atoms with Crippen LogP contribution in [0.2, 0.25) is 5.02 Å². The first-order valence-corrected chi connectivity index (χ1v) is 9.03. The first-order chi connectivity index (χ1) is 12.0. The van der Waals surface area contributed by atoms with Gasteiger partial charge in [0.2, 0.25) is 0 Å². The lowest BCUT2D eigenvalue weighted by atomic mass is 10.1. The monoisotopic (exact) mass is 357 g/mol. The highest BCUT2D eigenvalue weighted by Gasteiger charge is 2.22. The standard InChI is InChI=1S/C20H24ClN3O/c1-14-12-24(15(2)11-22-14)13-16-6-5-7-17(10-16)23-20(25)18-8-3-4-9-19(18)21/h3-10,14-15,22H,11-13H2,1-2H3,(H,23,25). The van der Waals surface area contributed by atoms with Crippen LogP contribution in [0.5, 0.6) is 0 Å². The first kappa shape index (κ1) is 17.9. The van der Waals surface area contributed by atoms with Crippen LogP contribution in [0.25, 0.3) is 0 Å². The summed E-state index contributed by atoms with van der Waals surface area (Å²) < 4.78 is 0. The highest BCUT2D eigenvalue weighted by Crippen LogP contribution is 2.19. The average Bonchev–Trinajstić information content (AvgIpc) is 2.59. The molecule has 1 aliphatic heterocycles. The van der Waals surface area contributed by atoms with Gasteiger partial charge in [-0.3, -0.25) is 9.69 Å². The maximum atomic E-state index is 12.4. The Morgan fingerprint density at radius 2 is 2.04 bits per heavy atom. The Kier molecular flexibility index (Phi) is 5.74. The van der Waals surface area contributed by atoms with Crippen molar-refractivity contribution in [2.75, 3.05) is 18.4 Å². The maximum absolute atomic E-state index is 12.4. The minimum Gasteiger partial charge on any atom is -0.322 e. The van der Waals surface area contributed by atoms with Crippen molar-refractivity contribution >= 4 is 23.2 Å². The van der Waals surface area contributed by atoms with Crippen LogP contribution in [0.3, 0.4) is 0 Å². The number of amides is 1.